The summed E-state index contributed by atoms with van der Waals surface area (Å²) in [6, 6.07) is 5.73. The number of hydrogen-bond acceptors (Lipinski definition) is 4. The van der Waals surface area contributed by atoms with Gasteiger partial charge in [-0.2, -0.15) is 0 Å². The van der Waals surface area contributed by atoms with Crippen molar-refractivity contribution in [2.24, 2.45) is 0 Å². The van der Waals surface area contributed by atoms with E-state index in [1.165, 1.54) is 0 Å². The van der Waals surface area contributed by atoms with Crippen LogP contribution in [0.3, 0.4) is 0 Å². The number of fused-ring (bicyclic) bond motifs is 1. The van der Waals surface area contributed by atoms with Crippen molar-refractivity contribution in [3.63, 3.8) is 0 Å². The number of carbonyl (C=O) groups excluding carboxylic acids is 1. The number of aryl methyl sites for hydroxylation is 1. The topological polar surface area (TPSA) is 79.2 Å². The number of ether oxygens (including phenoxy) is 1. The van der Waals surface area contributed by atoms with E-state index in [1.54, 1.807) is 0 Å². The zero-order valence-corrected chi connectivity index (χ0v) is 16.0. The van der Waals surface area contributed by atoms with Crippen LogP contribution in [0.5, 0.6) is 5.75 Å². The minimum Gasteiger partial charge on any atom is -0.494 e. The zero-order valence-electron chi connectivity index (χ0n) is 15.1. The van der Waals surface area contributed by atoms with E-state index in [0.29, 0.717) is 24.5 Å². The van der Waals surface area contributed by atoms with Crippen molar-refractivity contribution >= 4 is 21.3 Å². The molecule has 0 bridgehead atoms. The Bertz CT molecular complexity index is 671. The third kappa shape index (κ3) is 7.06. The first-order chi connectivity index (χ1) is 12.0. The van der Waals surface area contributed by atoms with Gasteiger partial charge in [0.2, 0.25) is 5.91 Å². The summed E-state index contributed by atoms with van der Waals surface area (Å²) >= 11 is 0. The highest BCUT2D eigenvalue weighted by molar-refractivity contribution is 7.92. The molecule has 0 aliphatic carbocycles. The van der Waals surface area contributed by atoms with Crippen LogP contribution in [-0.2, 0) is 20.9 Å². The van der Waals surface area contributed by atoms with Crippen molar-refractivity contribution < 1.29 is 13.7 Å². The molecular formula is C19H30N2O3S. The molecule has 1 aromatic carbocycles. The van der Waals surface area contributed by atoms with E-state index in [4.69, 9.17) is 9.52 Å². The van der Waals surface area contributed by atoms with Gasteiger partial charge in [-0.1, -0.05) is 26.2 Å². The average molecular weight is 367 g/mol. The van der Waals surface area contributed by atoms with Crippen LogP contribution in [0, 0.1) is 4.78 Å². The van der Waals surface area contributed by atoms with E-state index in [-0.39, 0.29) is 5.91 Å². The van der Waals surface area contributed by atoms with Crippen molar-refractivity contribution in [1.29, 1.82) is 4.78 Å². The number of carbonyl (C=O) groups is 1. The molecule has 1 aliphatic heterocycles. The van der Waals surface area contributed by atoms with E-state index in [1.807, 2.05) is 18.2 Å². The zero-order chi connectivity index (χ0) is 18.1. The summed E-state index contributed by atoms with van der Waals surface area (Å²) in [5, 5.41) is 2.86. The average Bonchev–Trinajstić information content (AvgIpc) is 2.58. The van der Waals surface area contributed by atoms with Gasteiger partial charge >= 0.3 is 0 Å². The monoisotopic (exact) mass is 366 g/mol. The molecule has 1 aromatic rings. The van der Waals surface area contributed by atoms with E-state index >= 15 is 0 Å². The smallest absolute Gasteiger partial charge is 0.224 e. The van der Waals surface area contributed by atoms with Crippen LogP contribution in [0.25, 0.3) is 0 Å². The summed E-state index contributed by atoms with van der Waals surface area (Å²) in [4.78, 5) is 11.4. The molecule has 2 N–H and O–H groups in total. The SMILES string of the molecule is CCCCCCS(=N)(=O)CCCCOc1ccc2c(c1)CCC(=O)N2. The first kappa shape index (κ1) is 19.8. The number of nitrogens with one attached hydrogen (secondary N) is 2. The minimum atomic E-state index is -2.42. The summed E-state index contributed by atoms with van der Waals surface area (Å²) in [6.45, 7) is 2.72. The Morgan fingerprint density at radius 2 is 1.88 bits per heavy atom. The number of unbranched alkanes of at least 4 members (excludes halogenated alkanes) is 4. The maximum absolute atomic E-state index is 12.2. The predicted octanol–water partition coefficient (Wildman–Crippen LogP) is 4.36. The molecule has 0 aromatic heterocycles. The summed E-state index contributed by atoms with van der Waals surface area (Å²) in [6.07, 6.45) is 7.13. The molecule has 0 saturated carbocycles. The standard InChI is InChI=1S/C19H30N2O3S/c1-2-3-4-6-13-25(20,23)14-7-5-12-24-17-9-10-18-16(15-17)8-11-19(22)21-18/h9-10,15,20H,2-8,11-14H2,1H3,(H,21,22). The number of amides is 1. The third-order valence-corrected chi connectivity index (χ3v) is 6.33. The largest absolute Gasteiger partial charge is 0.494 e. The number of rotatable bonds is 11. The first-order valence-corrected chi connectivity index (χ1v) is 11.2. The second-order valence-corrected chi connectivity index (χ2v) is 9.14. The normalized spacial score (nSPS) is 16.0. The first-order valence-electron chi connectivity index (χ1n) is 9.30. The van der Waals surface area contributed by atoms with E-state index in [0.717, 1.165) is 61.9 Å². The Kier molecular flexibility index (Phi) is 7.75. The van der Waals surface area contributed by atoms with Crippen molar-refractivity contribution in [3.05, 3.63) is 23.8 Å². The van der Waals surface area contributed by atoms with Gasteiger partial charge in [-0.3, -0.25) is 9.57 Å². The van der Waals surface area contributed by atoms with E-state index < -0.39 is 9.73 Å². The molecule has 25 heavy (non-hydrogen) atoms. The summed E-state index contributed by atoms with van der Waals surface area (Å²) in [5.74, 6) is 1.87. The summed E-state index contributed by atoms with van der Waals surface area (Å²) in [5.41, 5.74) is 1.99. The van der Waals surface area contributed by atoms with Crippen molar-refractivity contribution in [3.8, 4) is 5.75 Å². The maximum atomic E-state index is 12.2. The number of anilines is 1. The molecule has 1 atom stereocenters. The molecule has 1 unspecified atom stereocenters. The Morgan fingerprint density at radius 3 is 2.64 bits per heavy atom. The van der Waals surface area contributed by atoms with Gasteiger partial charge in [-0.05, 0) is 49.4 Å². The molecular weight excluding hydrogens is 336 g/mol. The van der Waals surface area contributed by atoms with Gasteiger partial charge in [0.05, 0.1) is 6.61 Å². The highest BCUT2D eigenvalue weighted by atomic mass is 32.2. The highest BCUT2D eigenvalue weighted by Gasteiger charge is 2.15. The van der Waals surface area contributed by atoms with Crippen LogP contribution in [0.15, 0.2) is 18.2 Å². The fourth-order valence-electron chi connectivity index (χ4n) is 2.94. The Labute approximate surface area is 151 Å². The van der Waals surface area contributed by atoms with Crippen LogP contribution >= 0.6 is 0 Å². The molecule has 0 radical (unpaired) electrons. The molecule has 2 rings (SSSR count). The lowest BCUT2D eigenvalue weighted by Gasteiger charge is -2.17. The lowest BCUT2D eigenvalue weighted by Crippen LogP contribution is -2.18. The van der Waals surface area contributed by atoms with Gasteiger partial charge in [0.1, 0.15) is 5.75 Å². The fraction of sp³-hybridized carbons (Fsp3) is 0.632. The van der Waals surface area contributed by atoms with Gasteiger partial charge in [-0.15, -0.1) is 0 Å². The maximum Gasteiger partial charge on any atom is 0.224 e. The summed E-state index contributed by atoms with van der Waals surface area (Å²) < 4.78 is 25.9. The third-order valence-electron chi connectivity index (χ3n) is 4.44. The quantitative estimate of drug-likeness (QED) is 0.571. The number of benzene rings is 1. The second-order valence-electron chi connectivity index (χ2n) is 6.70. The molecule has 5 nitrogen and oxygen atoms in total. The Morgan fingerprint density at radius 1 is 1.12 bits per heavy atom. The predicted molar refractivity (Wildman–Crippen MR) is 103 cm³/mol. The summed E-state index contributed by atoms with van der Waals surface area (Å²) in [7, 11) is -2.42. The van der Waals surface area contributed by atoms with E-state index in [2.05, 4.69) is 12.2 Å². The van der Waals surface area contributed by atoms with Crippen molar-refractivity contribution in [2.45, 2.75) is 58.3 Å². The Hall–Kier alpha value is -1.56. The second kappa shape index (κ2) is 9.80. The fourth-order valence-corrected chi connectivity index (χ4v) is 4.49. The van der Waals surface area contributed by atoms with Gasteiger partial charge in [-0.25, -0.2) is 4.21 Å². The van der Waals surface area contributed by atoms with Gasteiger partial charge in [0, 0.05) is 33.3 Å². The number of hydrogen-bond donors (Lipinski definition) is 2. The van der Waals surface area contributed by atoms with Gasteiger partial charge in [0.15, 0.2) is 0 Å². The molecule has 1 aliphatic rings. The lowest BCUT2D eigenvalue weighted by molar-refractivity contribution is -0.116. The van der Waals surface area contributed by atoms with Crippen LogP contribution in [-0.4, -0.2) is 28.2 Å². The Balaban J connectivity index is 1.65. The van der Waals surface area contributed by atoms with Crippen LogP contribution in [0.4, 0.5) is 5.69 Å². The van der Waals surface area contributed by atoms with Crippen molar-refractivity contribution in [1.82, 2.24) is 0 Å². The lowest BCUT2D eigenvalue weighted by atomic mass is 10.0. The molecule has 0 saturated heterocycles. The molecule has 0 spiro atoms. The van der Waals surface area contributed by atoms with Crippen LogP contribution in [0.2, 0.25) is 0 Å². The van der Waals surface area contributed by atoms with E-state index in [9.17, 15) is 9.00 Å². The van der Waals surface area contributed by atoms with Gasteiger partial charge < -0.3 is 10.1 Å². The van der Waals surface area contributed by atoms with Crippen LogP contribution < -0.4 is 10.1 Å². The van der Waals surface area contributed by atoms with Gasteiger partial charge in [0.25, 0.3) is 0 Å². The molecule has 140 valence electrons. The molecule has 6 heteroatoms. The molecule has 1 amide bonds. The molecule has 1 heterocycles. The van der Waals surface area contributed by atoms with Crippen LogP contribution in [0.1, 0.15) is 57.4 Å². The molecule has 0 fully saturated rings. The highest BCUT2D eigenvalue weighted by Crippen LogP contribution is 2.26. The minimum absolute atomic E-state index is 0.0647. The van der Waals surface area contributed by atoms with Crippen molar-refractivity contribution in [2.75, 3.05) is 23.4 Å².